The van der Waals surface area contributed by atoms with Crippen LogP contribution < -0.4 is 19.5 Å². The minimum Gasteiger partial charge on any atom is -0.494 e. The van der Waals surface area contributed by atoms with E-state index in [0.29, 0.717) is 31.1 Å². The van der Waals surface area contributed by atoms with Crippen LogP contribution in [-0.4, -0.2) is 42.8 Å². The van der Waals surface area contributed by atoms with Gasteiger partial charge in [0, 0.05) is 19.5 Å². The van der Waals surface area contributed by atoms with Crippen molar-refractivity contribution in [1.82, 2.24) is 14.9 Å². The number of aromatic nitrogens is 2. The first kappa shape index (κ1) is 27.0. The lowest BCUT2D eigenvalue weighted by molar-refractivity contribution is -0.120. The van der Waals surface area contributed by atoms with E-state index in [4.69, 9.17) is 19.2 Å². The summed E-state index contributed by atoms with van der Waals surface area (Å²) in [5.41, 5.74) is 4.25. The van der Waals surface area contributed by atoms with Gasteiger partial charge in [-0.05, 0) is 73.7 Å². The predicted octanol–water partition coefficient (Wildman–Crippen LogP) is 5.51. The fourth-order valence-corrected chi connectivity index (χ4v) is 4.55. The first-order chi connectivity index (χ1) is 18.6. The molecule has 1 N–H and O–H groups in total. The van der Waals surface area contributed by atoms with Crippen LogP contribution in [0.5, 0.6) is 17.2 Å². The number of unbranched alkanes of at least 4 members (excludes halogenated alkanes) is 1. The molecule has 0 saturated heterocycles. The number of carbonyl (C=O) groups excluding carboxylic acids is 1. The third-order valence-electron chi connectivity index (χ3n) is 6.48. The molecule has 0 aliphatic heterocycles. The van der Waals surface area contributed by atoms with Gasteiger partial charge >= 0.3 is 0 Å². The van der Waals surface area contributed by atoms with Crippen LogP contribution in [0, 0.1) is 6.92 Å². The fourth-order valence-electron chi connectivity index (χ4n) is 4.55. The molecule has 4 aromatic rings. The molecule has 0 saturated carbocycles. The number of para-hydroxylation sites is 2. The first-order valence-corrected chi connectivity index (χ1v) is 13.2. The minimum absolute atomic E-state index is 0.0145. The fraction of sp³-hybridized carbons (Fsp3) is 0.355. The average molecular weight is 516 g/mol. The number of methoxy groups -OCH3 is 2. The lowest BCUT2D eigenvalue weighted by atomic mass is 10.1. The number of ether oxygens (including phenoxy) is 3. The van der Waals surface area contributed by atoms with E-state index >= 15 is 0 Å². The average Bonchev–Trinajstić information content (AvgIpc) is 3.28. The van der Waals surface area contributed by atoms with E-state index in [9.17, 15) is 4.79 Å². The molecule has 1 aromatic heterocycles. The minimum atomic E-state index is -0.0145. The molecule has 7 nitrogen and oxygen atoms in total. The molecule has 0 aliphatic rings. The number of carbonyl (C=O) groups is 1. The summed E-state index contributed by atoms with van der Waals surface area (Å²) in [5.74, 6) is 3.24. The number of benzene rings is 3. The Labute approximate surface area is 224 Å². The Morgan fingerprint density at radius 2 is 1.76 bits per heavy atom. The zero-order valence-corrected chi connectivity index (χ0v) is 22.5. The Bertz CT molecular complexity index is 1350. The van der Waals surface area contributed by atoms with Crippen LogP contribution in [0.4, 0.5) is 0 Å². The van der Waals surface area contributed by atoms with Crippen molar-refractivity contribution in [2.45, 2.75) is 45.6 Å². The quantitative estimate of drug-likeness (QED) is 0.224. The molecule has 0 spiro atoms. The van der Waals surface area contributed by atoms with Gasteiger partial charge in [0.2, 0.25) is 5.91 Å². The van der Waals surface area contributed by atoms with Gasteiger partial charge in [-0.25, -0.2) is 4.98 Å². The number of rotatable bonds is 14. The summed E-state index contributed by atoms with van der Waals surface area (Å²) in [5, 5.41) is 3.04. The molecule has 0 atom stereocenters. The highest BCUT2D eigenvalue weighted by atomic mass is 16.5. The van der Waals surface area contributed by atoms with Gasteiger partial charge in [0.25, 0.3) is 0 Å². The number of nitrogens with one attached hydrogen (secondary N) is 1. The van der Waals surface area contributed by atoms with E-state index in [1.807, 2.05) is 36.4 Å². The molecule has 7 heteroatoms. The molecule has 1 amide bonds. The number of hydrogen-bond donors (Lipinski definition) is 1. The summed E-state index contributed by atoms with van der Waals surface area (Å²) in [6, 6.07) is 22.0. The summed E-state index contributed by atoms with van der Waals surface area (Å²) >= 11 is 0. The normalized spacial score (nSPS) is 10.9. The molecule has 38 heavy (non-hydrogen) atoms. The second-order valence-electron chi connectivity index (χ2n) is 9.36. The molecular formula is C31H37N3O4. The Morgan fingerprint density at radius 1 is 0.921 bits per heavy atom. The second-order valence-corrected chi connectivity index (χ2v) is 9.36. The summed E-state index contributed by atoms with van der Waals surface area (Å²) in [7, 11) is 3.19. The van der Waals surface area contributed by atoms with Gasteiger partial charge in [-0.2, -0.15) is 0 Å². The smallest absolute Gasteiger partial charge is 0.224 e. The highest BCUT2D eigenvalue weighted by molar-refractivity contribution is 5.79. The number of amides is 1. The van der Waals surface area contributed by atoms with Gasteiger partial charge in [-0.1, -0.05) is 30.3 Å². The molecule has 4 rings (SSSR count). The topological polar surface area (TPSA) is 74.6 Å². The van der Waals surface area contributed by atoms with Gasteiger partial charge < -0.3 is 24.1 Å². The van der Waals surface area contributed by atoms with Crippen molar-refractivity contribution in [2.24, 2.45) is 0 Å². The largest absolute Gasteiger partial charge is 0.494 e. The Balaban J connectivity index is 1.26. The Hall–Kier alpha value is -4.00. The highest BCUT2D eigenvalue weighted by Gasteiger charge is 2.11. The van der Waals surface area contributed by atoms with Crippen LogP contribution in [0.15, 0.2) is 66.7 Å². The lowest BCUT2D eigenvalue weighted by Crippen LogP contribution is -2.26. The number of fused-ring (bicyclic) bond motifs is 1. The van der Waals surface area contributed by atoms with Crippen molar-refractivity contribution in [1.29, 1.82) is 0 Å². The summed E-state index contributed by atoms with van der Waals surface area (Å²) in [6.07, 6.45) is 3.87. The van der Waals surface area contributed by atoms with Crippen molar-refractivity contribution in [2.75, 3.05) is 27.4 Å². The van der Waals surface area contributed by atoms with E-state index in [-0.39, 0.29) is 5.91 Å². The lowest BCUT2D eigenvalue weighted by Gasteiger charge is -2.11. The van der Waals surface area contributed by atoms with Gasteiger partial charge in [-0.15, -0.1) is 0 Å². The maximum absolute atomic E-state index is 12.5. The molecule has 0 fully saturated rings. The van der Waals surface area contributed by atoms with E-state index < -0.39 is 0 Å². The maximum Gasteiger partial charge on any atom is 0.224 e. The van der Waals surface area contributed by atoms with E-state index in [1.165, 1.54) is 5.56 Å². The number of aryl methyl sites for hydroxylation is 3. The Kier molecular flexibility index (Phi) is 9.62. The van der Waals surface area contributed by atoms with Crippen LogP contribution in [0.25, 0.3) is 11.0 Å². The summed E-state index contributed by atoms with van der Waals surface area (Å²) < 4.78 is 18.8. The van der Waals surface area contributed by atoms with Crippen LogP contribution >= 0.6 is 0 Å². The third kappa shape index (κ3) is 7.28. The first-order valence-electron chi connectivity index (χ1n) is 13.2. The molecule has 3 aromatic carbocycles. The predicted molar refractivity (Wildman–Crippen MR) is 150 cm³/mol. The van der Waals surface area contributed by atoms with Gasteiger partial charge in [0.15, 0.2) is 11.5 Å². The van der Waals surface area contributed by atoms with Crippen LogP contribution in [0.2, 0.25) is 0 Å². The molecular weight excluding hydrogens is 478 g/mol. The molecule has 0 radical (unpaired) electrons. The molecule has 1 heterocycles. The van der Waals surface area contributed by atoms with Crippen molar-refractivity contribution in [3.8, 4) is 17.2 Å². The van der Waals surface area contributed by atoms with E-state index in [0.717, 1.165) is 60.4 Å². The summed E-state index contributed by atoms with van der Waals surface area (Å²) in [4.78, 5) is 17.4. The second kappa shape index (κ2) is 13.5. The van der Waals surface area contributed by atoms with Crippen molar-refractivity contribution >= 4 is 16.9 Å². The molecule has 0 aliphatic carbocycles. The van der Waals surface area contributed by atoms with Gasteiger partial charge in [0.05, 0.1) is 38.3 Å². The molecule has 0 bridgehead atoms. The monoisotopic (exact) mass is 515 g/mol. The highest BCUT2D eigenvalue weighted by Crippen LogP contribution is 2.27. The zero-order chi connectivity index (χ0) is 26.7. The molecule has 200 valence electrons. The van der Waals surface area contributed by atoms with Gasteiger partial charge in [-0.3, -0.25) is 4.79 Å². The van der Waals surface area contributed by atoms with E-state index in [1.54, 1.807) is 14.2 Å². The molecule has 0 unspecified atom stereocenters. The third-order valence-corrected chi connectivity index (χ3v) is 6.48. The van der Waals surface area contributed by atoms with Crippen molar-refractivity contribution in [3.63, 3.8) is 0 Å². The number of hydrogen-bond acceptors (Lipinski definition) is 5. The van der Waals surface area contributed by atoms with Crippen LogP contribution in [0.3, 0.4) is 0 Å². The van der Waals surface area contributed by atoms with E-state index in [2.05, 4.69) is 47.1 Å². The van der Waals surface area contributed by atoms with Crippen molar-refractivity contribution < 1.29 is 19.0 Å². The standard InChI is InChI=1S/C31H37N3O4/c1-23-10-8-11-25(20-23)38-19-7-6-18-34-27-13-5-4-12-26(27)33-30(34)14-9-17-32-31(35)22-24-15-16-28(36-2)29(21-24)37-3/h4-5,8,10-13,15-16,20-21H,6-7,9,14,17-19,22H2,1-3H3,(H,32,35). The Morgan fingerprint density at radius 3 is 2.58 bits per heavy atom. The zero-order valence-electron chi connectivity index (χ0n) is 22.5. The van der Waals surface area contributed by atoms with Crippen LogP contribution in [-0.2, 0) is 24.2 Å². The maximum atomic E-state index is 12.5. The van der Waals surface area contributed by atoms with Crippen molar-refractivity contribution in [3.05, 3.63) is 83.7 Å². The SMILES string of the molecule is COc1ccc(CC(=O)NCCCc2nc3ccccc3n2CCCCOc2cccc(C)c2)cc1OC. The number of imidazole rings is 1. The van der Waals surface area contributed by atoms with Gasteiger partial charge in [0.1, 0.15) is 11.6 Å². The summed E-state index contributed by atoms with van der Waals surface area (Å²) in [6.45, 7) is 4.25. The van der Waals surface area contributed by atoms with Crippen LogP contribution in [0.1, 0.15) is 36.2 Å². The number of nitrogens with zero attached hydrogens (tertiary/aromatic N) is 2.